The number of aromatic nitrogens is 6. The smallest absolute Gasteiger partial charge is 0.286 e. The van der Waals surface area contributed by atoms with E-state index in [0.29, 0.717) is 24.5 Å². The van der Waals surface area contributed by atoms with Gasteiger partial charge in [-0.3, -0.25) is 19.0 Å². The summed E-state index contributed by atoms with van der Waals surface area (Å²) in [6.07, 6.45) is 3.79. The van der Waals surface area contributed by atoms with Crippen LogP contribution in [0.4, 0.5) is 15.9 Å². The molecular weight excluding hydrogens is 545 g/mol. The van der Waals surface area contributed by atoms with Crippen LogP contribution in [-0.4, -0.2) is 41.5 Å². The molecule has 0 saturated carbocycles. The molecule has 0 bridgehead atoms. The Hall–Kier alpha value is -4.63. The second-order valence-electron chi connectivity index (χ2n) is 8.61. The highest BCUT2D eigenvalue weighted by Gasteiger charge is 2.31. The minimum Gasteiger partial charge on any atom is -0.384 e. The van der Waals surface area contributed by atoms with Gasteiger partial charge < -0.3 is 16.4 Å². The molecule has 196 valence electrons. The van der Waals surface area contributed by atoms with Crippen molar-refractivity contribution in [1.82, 2.24) is 35.0 Å². The van der Waals surface area contributed by atoms with E-state index in [1.807, 2.05) is 6.07 Å². The van der Waals surface area contributed by atoms with Crippen molar-refractivity contribution in [2.75, 3.05) is 11.1 Å². The summed E-state index contributed by atoms with van der Waals surface area (Å²) in [6.45, 7) is 0.280. The predicted octanol–water partition coefficient (Wildman–Crippen LogP) is 2.54. The number of nitrogens with zero attached hydrogens (tertiary/aromatic N) is 6. The van der Waals surface area contributed by atoms with Gasteiger partial charge in [0.25, 0.3) is 11.5 Å². The Labute approximate surface area is 226 Å². The zero-order valence-corrected chi connectivity index (χ0v) is 21.6. The third-order valence-electron chi connectivity index (χ3n) is 6.04. The number of hydrogen-bond acceptors (Lipinski definition) is 11. The van der Waals surface area contributed by atoms with Crippen LogP contribution in [0.1, 0.15) is 33.0 Å². The molecule has 0 unspecified atom stereocenters. The van der Waals surface area contributed by atoms with Gasteiger partial charge in [0.15, 0.2) is 5.01 Å². The van der Waals surface area contributed by atoms with Gasteiger partial charge in [-0.05, 0) is 30.7 Å². The highest BCUT2D eigenvalue weighted by molar-refractivity contribution is 7.19. The Kier molecular flexibility index (Phi) is 6.28. The fourth-order valence-electron chi connectivity index (χ4n) is 4.24. The maximum atomic E-state index is 13.4. The summed E-state index contributed by atoms with van der Waals surface area (Å²) < 4.78 is 15.7. The predicted molar refractivity (Wildman–Crippen MR) is 143 cm³/mol. The van der Waals surface area contributed by atoms with Crippen molar-refractivity contribution in [1.29, 1.82) is 0 Å². The van der Waals surface area contributed by atoms with Crippen LogP contribution < -0.4 is 21.9 Å². The molecule has 4 N–H and O–H groups in total. The summed E-state index contributed by atoms with van der Waals surface area (Å²) in [4.78, 5) is 52.1. The third-order valence-corrected chi connectivity index (χ3v) is 8.08. The summed E-state index contributed by atoms with van der Waals surface area (Å²) in [7, 11) is 0. The number of halogens is 1. The highest BCUT2D eigenvalue weighted by atomic mass is 32.1. The Morgan fingerprint density at radius 3 is 2.87 bits per heavy atom. The van der Waals surface area contributed by atoms with E-state index in [9.17, 15) is 18.8 Å². The minimum atomic E-state index is -0.768. The number of nitrogens with two attached hydrogens (primary N) is 1. The fraction of sp³-hybridized carbons (Fsp3) is 0.167. The van der Waals surface area contributed by atoms with Crippen LogP contribution in [0, 0.1) is 5.95 Å². The van der Waals surface area contributed by atoms with Gasteiger partial charge in [-0.25, -0.2) is 15.0 Å². The zero-order valence-electron chi connectivity index (χ0n) is 19.9. The van der Waals surface area contributed by atoms with Gasteiger partial charge in [0.05, 0.1) is 12.7 Å². The van der Waals surface area contributed by atoms with E-state index in [1.54, 1.807) is 18.3 Å². The van der Waals surface area contributed by atoms with Gasteiger partial charge in [0.2, 0.25) is 16.9 Å². The second kappa shape index (κ2) is 9.92. The van der Waals surface area contributed by atoms with Crippen molar-refractivity contribution in [2.24, 2.45) is 0 Å². The van der Waals surface area contributed by atoms with E-state index in [-0.39, 0.29) is 33.8 Å². The molecule has 5 aromatic heterocycles. The first kappa shape index (κ1) is 24.7. The summed E-state index contributed by atoms with van der Waals surface area (Å²) in [5.74, 6) is -0.818. The molecule has 0 aromatic carbocycles. The first-order chi connectivity index (χ1) is 18.9. The molecule has 39 heavy (non-hydrogen) atoms. The number of fused-ring (bicyclic) bond motifs is 2. The Morgan fingerprint density at radius 1 is 1.15 bits per heavy atom. The molecule has 1 atom stereocenters. The van der Waals surface area contributed by atoms with E-state index >= 15 is 0 Å². The number of thiophene rings is 1. The van der Waals surface area contributed by atoms with Crippen LogP contribution in [0.2, 0.25) is 0 Å². The monoisotopic (exact) mass is 563 g/mol. The van der Waals surface area contributed by atoms with Crippen molar-refractivity contribution in [3.8, 4) is 10.7 Å². The number of aryl methyl sites for hydroxylation is 1. The molecule has 0 radical (unpaired) electrons. The van der Waals surface area contributed by atoms with Gasteiger partial charge in [-0.15, -0.1) is 21.5 Å². The molecule has 0 fully saturated rings. The molecule has 1 aliphatic heterocycles. The standard InChI is InChI=1S/C24H18FN9O3S2/c25-17-3-1-2-13(30-17)22-32-33-23(39-22)21(36)31-14-10-28-19-5-4-15(34(19)24(14)37)20(35)29-9-12-6-11-8-27-18(26)7-16(11)38-12/h1-3,6-8,10,15H,4-5,9H2,(H2,26,27)(H,29,35)(H,31,36)/t15-/m0/s1. The Balaban J connectivity index is 1.17. The van der Waals surface area contributed by atoms with E-state index < -0.39 is 23.5 Å². The summed E-state index contributed by atoms with van der Waals surface area (Å²) >= 11 is 2.40. The summed E-state index contributed by atoms with van der Waals surface area (Å²) in [6, 6.07) is 7.15. The molecule has 0 aliphatic carbocycles. The summed E-state index contributed by atoms with van der Waals surface area (Å²) in [5, 5.41) is 14.2. The zero-order chi connectivity index (χ0) is 27.1. The molecule has 15 heteroatoms. The molecule has 6 rings (SSSR count). The number of hydrogen-bond donors (Lipinski definition) is 3. The lowest BCUT2D eigenvalue weighted by atomic mass is 10.2. The molecule has 5 aromatic rings. The topological polar surface area (TPSA) is 171 Å². The molecule has 0 saturated heterocycles. The van der Waals surface area contributed by atoms with Gasteiger partial charge in [0.1, 0.15) is 29.1 Å². The van der Waals surface area contributed by atoms with Crippen molar-refractivity contribution < 1.29 is 14.0 Å². The molecule has 1 aliphatic rings. The lowest BCUT2D eigenvalue weighted by Crippen LogP contribution is -2.36. The number of carbonyl (C=O) groups is 2. The van der Waals surface area contributed by atoms with Crippen LogP contribution in [0.25, 0.3) is 20.8 Å². The van der Waals surface area contributed by atoms with E-state index in [4.69, 9.17) is 5.73 Å². The van der Waals surface area contributed by atoms with Crippen molar-refractivity contribution in [2.45, 2.75) is 25.4 Å². The fourth-order valence-corrected chi connectivity index (χ4v) is 5.97. The SMILES string of the molecule is Nc1cc2sc(CNC(=O)[C@@H]3CCc4ncc(NC(=O)c5nnc(-c6cccc(F)n6)s5)c(=O)n43)cc2cn1. The summed E-state index contributed by atoms with van der Waals surface area (Å²) in [5.41, 5.74) is 5.33. The van der Waals surface area contributed by atoms with Crippen LogP contribution in [0.5, 0.6) is 0 Å². The quantitative estimate of drug-likeness (QED) is 0.263. The third kappa shape index (κ3) is 4.84. The lowest BCUT2D eigenvalue weighted by molar-refractivity contribution is -0.124. The van der Waals surface area contributed by atoms with Crippen LogP contribution >= 0.6 is 22.7 Å². The number of amides is 2. The maximum absolute atomic E-state index is 13.4. The lowest BCUT2D eigenvalue weighted by Gasteiger charge is -2.15. The number of pyridine rings is 2. The van der Waals surface area contributed by atoms with Crippen LogP contribution in [-0.2, 0) is 17.8 Å². The first-order valence-electron chi connectivity index (χ1n) is 11.7. The van der Waals surface area contributed by atoms with Crippen LogP contribution in [0.15, 0.2) is 47.5 Å². The number of rotatable bonds is 6. The molecular formula is C24H18FN9O3S2. The van der Waals surface area contributed by atoms with Gasteiger partial charge in [-0.1, -0.05) is 17.4 Å². The van der Waals surface area contributed by atoms with Gasteiger partial charge in [0, 0.05) is 27.6 Å². The Bertz CT molecular complexity index is 1820. The molecule has 2 amide bonds. The van der Waals surface area contributed by atoms with Gasteiger partial charge >= 0.3 is 0 Å². The molecule has 12 nitrogen and oxygen atoms in total. The Morgan fingerprint density at radius 2 is 2.03 bits per heavy atom. The molecule has 6 heterocycles. The van der Waals surface area contributed by atoms with Crippen LogP contribution in [0.3, 0.4) is 0 Å². The second-order valence-corrected chi connectivity index (χ2v) is 10.8. The largest absolute Gasteiger partial charge is 0.384 e. The average Bonchev–Trinajstić information content (AvgIpc) is 3.67. The maximum Gasteiger partial charge on any atom is 0.286 e. The average molecular weight is 564 g/mol. The minimum absolute atomic E-state index is 0.0458. The number of anilines is 2. The van der Waals surface area contributed by atoms with Gasteiger partial charge in [-0.2, -0.15) is 4.39 Å². The normalized spacial score (nSPS) is 14.3. The van der Waals surface area contributed by atoms with E-state index in [2.05, 4.69) is 35.8 Å². The van der Waals surface area contributed by atoms with Crippen molar-refractivity contribution >= 4 is 56.1 Å². The first-order valence-corrected chi connectivity index (χ1v) is 13.3. The number of carbonyl (C=O) groups excluding carboxylic acids is 2. The highest BCUT2D eigenvalue weighted by Crippen LogP contribution is 2.28. The van der Waals surface area contributed by atoms with E-state index in [0.717, 1.165) is 26.3 Å². The van der Waals surface area contributed by atoms with Crippen molar-refractivity contribution in [3.63, 3.8) is 0 Å². The number of nitrogen functional groups attached to an aromatic ring is 1. The van der Waals surface area contributed by atoms with E-state index in [1.165, 1.54) is 34.2 Å². The van der Waals surface area contributed by atoms with Crippen molar-refractivity contribution in [3.05, 3.63) is 74.7 Å². The number of nitrogens with one attached hydrogen (secondary N) is 2. The molecule has 0 spiro atoms.